The third-order valence-corrected chi connectivity index (χ3v) is 3.33. The molecular weight excluding hydrogens is 362 g/mol. The number of benzene rings is 2. The van der Waals surface area contributed by atoms with E-state index in [0.29, 0.717) is 29.4 Å². The van der Waals surface area contributed by atoms with Gasteiger partial charge in [-0.1, -0.05) is 22.0 Å². The van der Waals surface area contributed by atoms with E-state index in [1.165, 1.54) is 6.92 Å². The van der Waals surface area contributed by atoms with Crippen LogP contribution >= 0.6 is 15.9 Å². The van der Waals surface area contributed by atoms with E-state index in [1.807, 2.05) is 13.0 Å². The average molecular weight is 378 g/mol. The van der Waals surface area contributed by atoms with Crippen molar-refractivity contribution in [3.63, 3.8) is 0 Å². The third-order valence-electron chi connectivity index (χ3n) is 2.84. The second-order valence-electron chi connectivity index (χ2n) is 4.65. The van der Waals surface area contributed by atoms with Crippen molar-refractivity contribution >= 4 is 33.5 Å². The second-order valence-corrected chi connectivity index (χ2v) is 5.56. The first kappa shape index (κ1) is 17.0. The van der Waals surface area contributed by atoms with Crippen molar-refractivity contribution < 1.29 is 19.1 Å². The van der Waals surface area contributed by atoms with Gasteiger partial charge in [-0.2, -0.15) is 0 Å². The van der Waals surface area contributed by atoms with Gasteiger partial charge in [-0.15, -0.1) is 0 Å². The van der Waals surface area contributed by atoms with Crippen LogP contribution in [0.25, 0.3) is 0 Å². The van der Waals surface area contributed by atoms with Crippen LogP contribution in [0, 0.1) is 0 Å². The van der Waals surface area contributed by atoms with Gasteiger partial charge in [-0.25, -0.2) is 0 Å². The number of halogens is 1. The van der Waals surface area contributed by atoms with E-state index in [2.05, 4.69) is 21.2 Å². The first-order valence-corrected chi connectivity index (χ1v) is 7.81. The highest BCUT2D eigenvalue weighted by Crippen LogP contribution is 2.25. The lowest BCUT2D eigenvalue weighted by Gasteiger charge is -2.11. The zero-order valence-electron chi connectivity index (χ0n) is 12.8. The summed E-state index contributed by atoms with van der Waals surface area (Å²) < 4.78 is 11.3. The monoisotopic (exact) mass is 377 g/mol. The molecule has 0 saturated heterocycles. The highest BCUT2D eigenvalue weighted by Gasteiger charge is 2.14. The molecule has 0 aliphatic carbocycles. The first-order chi connectivity index (χ1) is 11.0. The highest BCUT2D eigenvalue weighted by atomic mass is 79.9. The van der Waals surface area contributed by atoms with Crippen molar-refractivity contribution in [2.45, 2.75) is 13.8 Å². The van der Waals surface area contributed by atoms with Gasteiger partial charge in [0.05, 0.1) is 12.2 Å². The summed E-state index contributed by atoms with van der Waals surface area (Å²) >= 11 is 3.35. The quantitative estimate of drug-likeness (QED) is 0.631. The van der Waals surface area contributed by atoms with Gasteiger partial charge in [0.25, 0.3) is 5.91 Å². The fraction of sp³-hybridized carbons (Fsp3) is 0.176. The zero-order chi connectivity index (χ0) is 16.8. The summed E-state index contributed by atoms with van der Waals surface area (Å²) in [7, 11) is 0. The lowest BCUT2D eigenvalue weighted by Crippen LogP contribution is -2.14. The van der Waals surface area contributed by atoms with Gasteiger partial charge in [0, 0.05) is 23.2 Å². The summed E-state index contributed by atoms with van der Waals surface area (Å²) in [5.41, 5.74) is 0.940. The largest absolute Gasteiger partial charge is 0.493 e. The molecule has 0 unspecified atom stereocenters. The van der Waals surface area contributed by atoms with E-state index >= 15 is 0 Å². The number of amides is 1. The molecule has 0 saturated carbocycles. The molecular formula is C17H16BrNO4. The summed E-state index contributed by atoms with van der Waals surface area (Å²) in [5, 5.41) is 2.77. The lowest BCUT2D eigenvalue weighted by molar-refractivity contribution is -0.131. The smallest absolute Gasteiger partial charge is 0.308 e. The van der Waals surface area contributed by atoms with Crippen molar-refractivity contribution in [1.82, 2.24) is 0 Å². The van der Waals surface area contributed by atoms with E-state index in [4.69, 9.17) is 9.47 Å². The molecule has 120 valence electrons. The van der Waals surface area contributed by atoms with Gasteiger partial charge in [0.2, 0.25) is 0 Å². The van der Waals surface area contributed by atoms with E-state index in [0.717, 1.165) is 4.47 Å². The number of hydrogen-bond donors (Lipinski definition) is 1. The van der Waals surface area contributed by atoms with Gasteiger partial charge < -0.3 is 14.8 Å². The maximum absolute atomic E-state index is 12.5. The van der Waals surface area contributed by atoms with Crippen LogP contribution < -0.4 is 14.8 Å². The maximum atomic E-state index is 12.5. The van der Waals surface area contributed by atoms with Crippen molar-refractivity contribution in [3.8, 4) is 11.5 Å². The average Bonchev–Trinajstić information content (AvgIpc) is 2.49. The molecule has 0 aliphatic rings. The van der Waals surface area contributed by atoms with Crippen LogP contribution in [0.5, 0.6) is 11.5 Å². The minimum atomic E-state index is -0.418. The van der Waals surface area contributed by atoms with Crippen molar-refractivity contribution in [2.75, 3.05) is 11.9 Å². The van der Waals surface area contributed by atoms with Crippen molar-refractivity contribution in [2.24, 2.45) is 0 Å². The van der Waals surface area contributed by atoms with Gasteiger partial charge in [-0.3, -0.25) is 9.59 Å². The summed E-state index contributed by atoms with van der Waals surface area (Å²) in [6.07, 6.45) is 0. The van der Waals surface area contributed by atoms with Crippen LogP contribution in [-0.2, 0) is 4.79 Å². The van der Waals surface area contributed by atoms with Gasteiger partial charge >= 0.3 is 5.97 Å². The van der Waals surface area contributed by atoms with Gasteiger partial charge in [0.1, 0.15) is 11.5 Å². The third kappa shape index (κ3) is 4.82. The molecule has 0 fully saturated rings. The molecule has 0 spiro atoms. The molecule has 5 nitrogen and oxygen atoms in total. The number of hydrogen-bond acceptors (Lipinski definition) is 4. The summed E-state index contributed by atoms with van der Waals surface area (Å²) in [6.45, 7) is 3.64. The number of anilines is 1. The second kappa shape index (κ2) is 7.78. The van der Waals surface area contributed by atoms with Crippen LogP contribution in [0.15, 0.2) is 46.9 Å². The Morgan fingerprint density at radius 2 is 1.96 bits per heavy atom. The van der Waals surface area contributed by atoms with Crippen LogP contribution in [0.4, 0.5) is 5.69 Å². The SMILES string of the molecule is CCOc1ccc(Br)cc1C(=O)Nc1cccc(OC(C)=O)c1. The number of carbonyl (C=O) groups excluding carboxylic acids is 2. The Morgan fingerprint density at radius 3 is 2.65 bits per heavy atom. The zero-order valence-corrected chi connectivity index (χ0v) is 14.3. The normalized spacial score (nSPS) is 10.0. The van der Waals surface area contributed by atoms with Gasteiger partial charge in [-0.05, 0) is 37.3 Å². The first-order valence-electron chi connectivity index (χ1n) is 7.01. The van der Waals surface area contributed by atoms with E-state index in [1.54, 1.807) is 36.4 Å². The molecule has 1 amide bonds. The lowest BCUT2D eigenvalue weighted by atomic mass is 10.2. The van der Waals surface area contributed by atoms with E-state index < -0.39 is 5.97 Å². The molecule has 0 aliphatic heterocycles. The maximum Gasteiger partial charge on any atom is 0.308 e. The van der Waals surface area contributed by atoms with Gasteiger partial charge in [0.15, 0.2) is 0 Å². The molecule has 2 rings (SSSR count). The molecule has 6 heteroatoms. The molecule has 2 aromatic carbocycles. The van der Waals surface area contributed by atoms with Crippen molar-refractivity contribution in [3.05, 3.63) is 52.5 Å². The topological polar surface area (TPSA) is 64.6 Å². The van der Waals surface area contributed by atoms with Crippen LogP contribution in [0.3, 0.4) is 0 Å². The summed E-state index contributed by atoms with van der Waals surface area (Å²) in [6, 6.07) is 11.9. The Hall–Kier alpha value is -2.34. The Bertz CT molecular complexity index is 730. The summed E-state index contributed by atoms with van der Waals surface area (Å²) in [4.78, 5) is 23.5. The number of esters is 1. The fourth-order valence-electron chi connectivity index (χ4n) is 1.96. The minimum absolute atomic E-state index is 0.310. The van der Waals surface area contributed by atoms with E-state index in [9.17, 15) is 9.59 Å². The Labute approximate surface area is 142 Å². The molecule has 0 bridgehead atoms. The van der Waals surface area contributed by atoms with Crippen molar-refractivity contribution in [1.29, 1.82) is 0 Å². The highest BCUT2D eigenvalue weighted by molar-refractivity contribution is 9.10. The predicted octanol–water partition coefficient (Wildman–Crippen LogP) is 4.03. The standard InChI is InChI=1S/C17H16BrNO4/c1-3-22-16-8-7-12(18)9-15(16)17(21)19-13-5-4-6-14(10-13)23-11(2)20/h4-10H,3H2,1-2H3,(H,19,21). The number of carbonyl (C=O) groups is 2. The minimum Gasteiger partial charge on any atom is -0.493 e. The predicted molar refractivity (Wildman–Crippen MR) is 91.0 cm³/mol. The number of nitrogens with one attached hydrogen (secondary N) is 1. The van der Waals surface area contributed by atoms with Crippen LogP contribution in [-0.4, -0.2) is 18.5 Å². The fourth-order valence-corrected chi connectivity index (χ4v) is 2.32. The number of rotatable bonds is 5. The molecule has 1 N–H and O–H groups in total. The molecule has 0 radical (unpaired) electrons. The van der Waals surface area contributed by atoms with Crippen LogP contribution in [0.1, 0.15) is 24.2 Å². The Morgan fingerprint density at radius 1 is 1.17 bits per heavy atom. The van der Waals surface area contributed by atoms with E-state index in [-0.39, 0.29) is 5.91 Å². The molecule has 0 aromatic heterocycles. The Balaban J connectivity index is 2.22. The van der Waals surface area contributed by atoms with Crippen LogP contribution in [0.2, 0.25) is 0 Å². The summed E-state index contributed by atoms with van der Waals surface area (Å²) in [5.74, 6) is 0.146. The molecule has 0 atom stereocenters. The Kier molecular flexibility index (Phi) is 5.76. The number of ether oxygens (including phenoxy) is 2. The molecule has 23 heavy (non-hydrogen) atoms. The molecule has 0 heterocycles. The molecule has 2 aromatic rings.